The molecule has 3 radical (unpaired) electrons. The van der Waals surface area contributed by atoms with Crippen LogP contribution in [0.2, 0.25) is 0 Å². The fourth-order valence-electron chi connectivity index (χ4n) is 0.739. The van der Waals surface area contributed by atoms with Gasteiger partial charge in [0.25, 0.3) is 0 Å². The minimum absolute atomic E-state index is 0.0878. The molecule has 0 bridgehead atoms. The number of pyridine rings is 1. The largest absolute Gasteiger partial charge is 0.416 e. The predicted octanol–water partition coefficient (Wildman–Crippen LogP) is 1.58. The van der Waals surface area contributed by atoms with Gasteiger partial charge in [-0.05, 0) is 12.1 Å². The highest BCUT2D eigenvalue weighted by atomic mass is 28.1. The molecule has 1 nitrogen and oxygen atoms in total. The van der Waals surface area contributed by atoms with Crippen LogP contribution in [0.3, 0.4) is 0 Å². The summed E-state index contributed by atoms with van der Waals surface area (Å²) in [5.41, 5.74) is 1.63. The van der Waals surface area contributed by atoms with Crippen molar-refractivity contribution in [3.05, 3.63) is 29.6 Å². The first-order valence-electron chi connectivity index (χ1n) is 3.25. The number of hydrogen-bond acceptors (Lipinski definition) is 1. The van der Waals surface area contributed by atoms with Crippen molar-refractivity contribution in [2.24, 2.45) is 0 Å². The molecule has 0 spiro atoms. The van der Waals surface area contributed by atoms with Crippen LogP contribution in [0.1, 0.15) is 11.3 Å². The molecule has 0 aliphatic heterocycles. The Morgan fingerprint density at radius 3 is 2.62 bits per heavy atom. The van der Waals surface area contributed by atoms with Gasteiger partial charge in [-0.15, -0.1) is 5.54 Å². The molecule has 0 N–H and O–H groups in total. The maximum absolute atomic E-state index is 12.1. The second kappa shape index (κ2) is 3.62. The normalized spacial score (nSPS) is 10.5. The molecule has 65 valence electrons. The Kier molecular flexibility index (Phi) is 2.73. The van der Waals surface area contributed by atoms with E-state index < -0.39 is 11.7 Å². The third-order valence-corrected chi connectivity index (χ3v) is 1.40. The van der Waals surface area contributed by atoms with Crippen LogP contribution in [-0.4, -0.2) is 15.2 Å². The van der Waals surface area contributed by atoms with E-state index in [2.05, 4.69) is 26.7 Å². The summed E-state index contributed by atoms with van der Waals surface area (Å²) in [5, 5.41) is 0. The molecule has 0 aliphatic rings. The maximum atomic E-state index is 12.1. The average molecular weight is 198 g/mol. The molecular weight excluding hydrogens is 195 g/mol. The lowest BCUT2D eigenvalue weighted by atomic mass is 10.2. The Labute approximate surface area is 76.4 Å². The number of alkyl halides is 3. The number of hydrogen-bond donors (Lipinski definition) is 0. The first kappa shape index (κ1) is 9.80. The molecule has 0 fully saturated rings. The molecule has 0 unspecified atom stereocenters. The lowest BCUT2D eigenvalue weighted by Crippen LogP contribution is -2.05. The lowest BCUT2D eigenvalue weighted by molar-refractivity contribution is -0.137. The summed E-state index contributed by atoms with van der Waals surface area (Å²) in [6, 6.07) is 1.80. The van der Waals surface area contributed by atoms with Crippen LogP contribution in [0.15, 0.2) is 18.3 Å². The van der Waals surface area contributed by atoms with Crippen LogP contribution in [0, 0.1) is 11.5 Å². The third kappa shape index (κ3) is 2.59. The Morgan fingerprint density at radius 1 is 1.38 bits per heavy atom. The first-order chi connectivity index (χ1) is 6.04. The molecule has 1 heterocycles. The van der Waals surface area contributed by atoms with Crippen LogP contribution in [0.4, 0.5) is 13.2 Å². The van der Waals surface area contributed by atoms with E-state index in [0.29, 0.717) is 0 Å². The van der Waals surface area contributed by atoms with Gasteiger partial charge >= 0.3 is 6.18 Å². The minimum Gasteiger partial charge on any atom is -0.248 e. The van der Waals surface area contributed by atoms with E-state index in [4.69, 9.17) is 0 Å². The highest BCUT2D eigenvalue weighted by Gasteiger charge is 2.30. The Bertz CT molecular complexity index is 362. The first-order valence-corrected chi connectivity index (χ1v) is 3.75. The fourth-order valence-corrected chi connectivity index (χ4v) is 0.867. The molecule has 0 aromatic carbocycles. The summed E-state index contributed by atoms with van der Waals surface area (Å²) in [5.74, 6) is 2.37. The zero-order chi connectivity index (χ0) is 9.90. The number of nitrogens with zero attached hydrogens (tertiary/aromatic N) is 1. The van der Waals surface area contributed by atoms with Gasteiger partial charge < -0.3 is 0 Å². The summed E-state index contributed by atoms with van der Waals surface area (Å²) < 4.78 is 36.4. The molecule has 0 aliphatic carbocycles. The molecule has 1 aromatic rings. The molecule has 5 heteroatoms. The van der Waals surface area contributed by atoms with Crippen molar-refractivity contribution in [3.8, 4) is 11.5 Å². The zero-order valence-corrected chi connectivity index (χ0v) is 7.31. The molecule has 0 saturated carbocycles. The molecule has 0 atom stereocenters. The average Bonchev–Trinajstić information content (AvgIpc) is 2.04. The number of aromatic nitrogens is 1. The van der Waals surface area contributed by atoms with Gasteiger partial charge in [-0.2, -0.15) is 13.2 Å². The van der Waals surface area contributed by atoms with Crippen LogP contribution in [0.5, 0.6) is 0 Å². The van der Waals surface area contributed by atoms with Gasteiger partial charge in [-0.25, -0.2) is 4.98 Å². The molecule has 1 rings (SSSR count). The Morgan fingerprint density at radius 2 is 2.08 bits per heavy atom. The van der Waals surface area contributed by atoms with Crippen molar-refractivity contribution in [2.75, 3.05) is 0 Å². The van der Waals surface area contributed by atoms with Crippen molar-refractivity contribution in [3.63, 3.8) is 0 Å². The van der Waals surface area contributed by atoms with Crippen molar-refractivity contribution in [2.45, 2.75) is 6.18 Å². The summed E-state index contributed by atoms with van der Waals surface area (Å²) >= 11 is 0. The Balaban J connectivity index is 3.10. The van der Waals surface area contributed by atoms with Crippen LogP contribution in [0.25, 0.3) is 0 Å². The standard InChI is InChI=1S/C8H3F3NSi/c9-8(10,11)6-1-3-12-7(5-6)2-4-13/h1,3,5H. The van der Waals surface area contributed by atoms with E-state index in [-0.39, 0.29) is 5.69 Å². The maximum Gasteiger partial charge on any atom is 0.416 e. The second-order valence-corrected chi connectivity index (χ2v) is 2.43. The van der Waals surface area contributed by atoms with E-state index in [1.165, 1.54) is 0 Å². The van der Waals surface area contributed by atoms with Crippen LogP contribution in [-0.2, 0) is 6.18 Å². The predicted molar refractivity (Wildman–Crippen MR) is 41.9 cm³/mol. The van der Waals surface area contributed by atoms with E-state index in [1.54, 1.807) is 0 Å². The highest BCUT2D eigenvalue weighted by molar-refractivity contribution is 6.22. The summed E-state index contributed by atoms with van der Waals surface area (Å²) in [4.78, 5) is 3.64. The van der Waals surface area contributed by atoms with Gasteiger partial charge in [0.05, 0.1) is 5.56 Å². The van der Waals surface area contributed by atoms with Crippen LogP contribution < -0.4 is 0 Å². The van der Waals surface area contributed by atoms with Gasteiger partial charge in [0.1, 0.15) is 15.9 Å². The molecular formula is C8H3F3NSi. The smallest absolute Gasteiger partial charge is 0.248 e. The highest BCUT2D eigenvalue weighted by Crippen LogP contribution is 2.28. The SMILES string of the molecule is FC(F)(F)c1ccnc(C#C[Si])c1. The van der Waals surface area contributed by atoms with Crippen LogP contribution >= 0.6 is 0 Å². The topological polar surface area (TPSA) is 12.9 Å². The van der Waals surface area contributed by atoms with Crippen molar-refractivity contribution >= 4 is 10.2 Å². The number of rotatable bonds is 0. The summed E-state index contributed by atoms with van der Waals surface area (Å²) in [7, 11) is 2.82. The van der Waals surface area contributed by atoms with Crippen molar-refractivity contribution < 1.29 is 13.2 Å². The second-order valence-electron chi connectivity index (χ2n) is 2.18. The van der Waals surface area contributed by atoms with Crippen molar-refractivity contribution in [1.82, 2.24) is 4.98 Å². The van der Waals surface area contributed by atoms with E-state index in [1.807, 2.05) is 0 Å². The van der Waals surface area contributed by atoms with Gasteiger partial charge in [-0.3, -0.25) is 0 Å². The third-order valence-electron chi connectivity index (χ3n) is 1.28. The molecule has 0 saturated heterocycles. The van der Waals surface area contributed by atoms with E-state index in [0.717, 1.165) is 18.3 Å². The molecule has 1 aromatic heterocycles. The zero-order valence-electron chi connectivity index (χ0n) is 6.31. The van der Waals surface area contributed by atoms with Crippen molar-refractivity contribution in [1.29, 1.82) is 0 Å². The van der Waals surface area contributed by atoms with E-state index >= 15 is 0 Å². The van der Waals surface area contributed by atoms with Gasteiger partial charge in [0.15, 0.2) is 0 Å². The number of halogens is 3. The Hall–Kier alpha value is -1.28. The quantitative estimate of drug-likeness (QED) is 0.455. The summed E-state index contributed by atoms with van der Waals surface area (Å²) in [6.45, 7) is 0. The minimum atomic E-state index is -4.34. The fraction of sp³-hybridized carbons (Fsp3) is 0.125. The monoisotopic (exact) mass is 198 g/mol. The van der Waals surface area contributed by atoms with Gasteiger partial charge in [-0.1, -0.05) is 5.92 Å². The molecule has 0 amide bonds. The van der Waals surface area contributed by atoms with E-state index in [9.17, 15) is 13.2 Å². The van der Waals surface area contributed by atoms with Gasteiger partial charge in [0.2, 0.25) is 0 Å². The molecule has 13 heavy (non-hydrogen) atoms. The van der Waals surface area contributed by atoms with Gasteiger partial charge in [0, 0.05) is 6.20 Å². The lowest BCUT2D eigenvalue weighted by Gasteiger charge is -2.05. The summed E-state index contributed by atoms with van der Waals surface area (Å²) in [6.07, 6.45) is -3.26.